The molecule has 0 saturated heterocycles. The highest BCUT2D eigenvalue weighted by Crippen LogP contribution is 2.23. The number of carbonyl (C=O) groups excluding carboxylic acids is 1. The van der Waals surface area contributed by atoms with E-state index in [0.717, 1.165) is 0 Å². The van der Waals surface area contributed by atoms with Gasteiger partial charge in [0.15, 0.2) is 18.2 Å². The van der Waals surface area contributed by atoms with E-state index in [9.17, 15) is 14.0 Å². The molecule has 2 aromatic carbocycles. The Hall–Kier alpha value is -3.35. The first kappa shape index (κ1) is 17.5. The number of rotatable bonds is 6. The van der Waals surface area contributed by atoms with E-state index in [1.165, 1.54) is 31.4 Å². The molecule has 6 nitrogen and oxygen atoms in total. The summed E-state index contributed by atoms with van der Waals surface area (Å²) >= 11 is 0. The summed E-state index contributed by atoms with van der Waals surface area (Å²) in [5.74, 6) is -0.764. The SMILES string of the molecule is COc1ccc2c(COC(=O)COc3ccccc3F)cc(=O)oc2c1. The molecule has 0 radical (unpaired) electrons. The lowest BCUT2D eigenvalue weighted by Crippen LogP contribution is -2.15. The van der Waals surface area contributed by atoms with Gasteiger partial charge in [-0.25, -0.2) is 14.0 Å². The van der Waals surface area contributed by atoms with E-state index in [2.05, 4.69) is 0 Å². The molecule has 0 N–H and O–H groups in total. The number of hydrogen-bond acceptors (Lipinski definition) is 6. The Bertz CT molecular complexity index is 995. The summed E-state index contributed by atoms with van der Waals surface area (Å²) in [7, 11) is 1.50. The van der Waals surface area contributed by atoms with Gasteiger partial charge in [0.25, 0.3) is 0 Å². The van der Waals surface area contributed by atoms with Crippen LogP contribution in [-0.2, 0) is 16.1 Å². The van der Waals surface area contributed by atoms with E-state index in [4.69, 9.17) is 18.6 Å². The minimum absolute atomic E-state index is 0.0395. The first-order valence-corrected chi connectivity index (χ1v) is 7.70. The topological polar surface area (TPSA) is 75.0 Å². The molecular weight excluding hydrogens is 343 g/mol. The maximum Gasteiger partial charge on any atom is 0.344 e. The fourth-order valence-electron chi connectivity index (χ4n) is 2.36. The van der Waals surface area contributed by atoms with Gasteiger partial charge in [0, 0.05) is 23.1 Å². The van der Waals surface area contributed by atoms with Crippen molar-refractivity contribution in [3.63, 3.8) is 0 Å². The van der Waals surface area contributed by atoms with Crippen LogP contribution in [0.3, 0.4) is 0 Å². The lowest BCUT2D eigenvalue weighted by molar-refractivity contribution is -0.147. The van der Waals surface area contributed by atoms with Crippen LogP contribution in [0.1, 0.15) is 5.56 Å². The first-order chi connectivity index (χ1) is 12.6. The van der Waals surface area contributed by atoms with Gasteiger partial charge in [0.05, 0.1) is 7.11 Å². The maximum atomic E-state index is 13.4. The Morgan fingerprint density at radius 2 is 1.96 bits per heavy atom. The van der Waals surface area contributed by atoms with Gasteiger partial charge in [-0.1, -0.05) is 12.1 Å². The van der Waals surface area contributed by atoms with Crippen LogP contribution in [0.4, 0.5) is 4.39 Å². The lowest BCUT2D eigenvalue weighted by Gasteiger charge is -2.09. The second kappa shape index (κ2) is 7.69. The van der Waals surface area contributed by atoms with E-state index in [1.54, 1.807) is 24.3 Å². The number of para-hydroxylation sites is 1. The Morgan fingerprint density at radius 1 is 1.15 bits per heavy atom. The van der Waals surface area contributed by atoms with Crippen LogP contribution in [-0.4, -0.2) is 19.7 Å². The number of hydrogen-bond donors (Lipinski definition) is 0. The van der Waals surface area contributed by atoms with Crippen LogP contribution >= 0.6 is 0 Å². The molecule has 0 aliphatic rings. The van der Waals surface area contributed by atoms with Crippen molar-refractivity contribution >= 4 is 16.9 Å². The monoisotopic (exact) mass is 358 g/mol. The predicted molar refractivity (Wildman–Crippen MR) is 90.7 cm³/mol. The van der Waals surface area contributed by atoms with Crippen LogP contribution in [0.25, 0.3) is 11.0 Å². The molecule has 0 saturated carbocycles. The van der Waals surface area contributed by atoms with Crippen molar-refractivity contribution in [3.8, 4) is 11.5 Å². The number of halogens is 1. The standard InChI is InChI=1S/C19H15FO6/c1-23-13-6-7-14-12(8-18(21)26-17(14)9-13)10-25-19(22)11-24-16-5-3-2-4-15(16)20/h2-9H,10-11H2,1H3. The van der Waals surface area contributed by atoms with Gasteiger partial charge in [-0.3, -0.25) is 0 Å². The summed E-state index contributed by atoms with van der Waals surface area (Å²) in [6.45, 7) is -0.595. The third-order valence-electron chi connectivity index (χ3n) is 3.61. The van der Waals surface area contributed by atoms with Crippen molar-refractivity contribution in [1.29, 1.82) is 0 Å². The maximum absolute atomic E-state index is 13.4. The second-order valence-electron chi connectivity index (χ2n) is 5.33. The lowest BCUT2D eigenvalue weighted by atomic mass is 10.1. The average molecular weight is 358 g/mol. The van der Waals surface area contributed by atoms with E-state index in [-0.39, 0.29) is 12.4 Å². The van der Waals surface area contributed by atoms with Gasteiger partial charge in [0.2, 0.25) is 0 Å². The van der Waals surface area contributed by atoms with E-state index in [0.29, 0.717) is 22.3 Å². The Labute approximate surface area is 147 Å². The highest BCUT2D eigenvalue weighted by atomic mass is 19.1. The normalized spacial score (nSPS) is 10.5. The number of esters is 1. The van der Waals surface area contributed by atoms with Crippen LogP contribution in [0, 0.1) is 5.82 Å². The van der Waals surface area contributed by atoms with Gasteiger partial charge in [0.1, 0.15) is 17.9 Å². The summed E-state index contributed by atoms with van der Waals surface area (Å²) < 4.78 is 33.8. The van der Waals surface area contributed by atoms with Crippen LogP contribution in [0.15, 0.2) is 57.7 Å². The van der Waals surface area contributed by atoms with Gasteiger partial charge in [-0.2, -0.15) is 0 Å². The number of methoxy groups -OCH3 is 1. The van der Waals surface area contributed by atoms with E-state index < -0.39 is 24.0 Å². The van der Waals surface area contributed by atoms with Crippen LogP contribution in [0.5, 0.6) is 11.5 Å². The van der Waals surface area contributed by atoms with Crippen LogP contribution < -0.4 is 15.1 Å². The molecule has 0 amide bonds. The number of carbonyl (C=O) groups is 1. The Balaban J connectivity index is 1.68. The molecule has 0 unspecified atom stereocenters. The zero-order valence-corrected chi connectivity index (χ0v) is 13.9. The van der Waals surface area contributed by atoms with Crippen molar-refractivity contribution in [3.05, 3.63) is 70.3 Å². The predicted octanol–water partition coefficient (Wildman–Crippen LogP) is 3.06. The summed E-state index contributed by atoms with van der Waals surface area (Å²) in [6, 6.07) is 12.0. The number of ether oxygens (including phenoxy) is 3. The summed E-state index contributed by atoms with van der Waals surface area (Å²) in [4.78, 5) is 23.5. The minimum Gasteiger partial charge on any atom is -0.497 e. The molecule has 0 bridgehead atoms. The van der Waals surface area contributed by atoms with Crippen molar-refractivity contribution < 1.29 is 27.8 Å². The molecule has 0 spiro atoms. The fourth-order valence-corrected chi connectivity index (χ4v) is 2.36. The van der Waals surface area contributed by atoms with Crippen molar-refractivity contribution in [1.82, 2.24) is 0 Å². The van der Waals surface area contributed by atoms with Crippen molar-refractivity contribution in [2.75, 3.05) is 13.7 Å². The summed E-state index contributed by atoms with van der Waals surface area (Å²) in [5, 5.41) is 0.619. The third kappa shape index (κ3) is 4.00. The molecule has 3 rings (SSSR count). The largest absolute Gasteiger partial charge is 0.497 e. The average Bonchev–Trinajstić information content (AvgIpc) is 2.64. The molecule has 134 valence electrons. The number of benzene rings is 2. The highest BCUT2D eigenvalue weighted by Gasteiger charge is 2.11. The fraction of sp³-hybridized carbons (Fsp3) is 0.158. The van der Waals surface area contributed by atoms with Crippen molar-refractivity contribution in [2.45, 2.75) is 6.61 Å². The highest BCUT2D eigenvalue weighted by molar-refractivity contribution is 5.81. The molecule has 0 fully saturated rings. The first-order valence-electron chi connectivity index (χ1n) is 7.70. The van der Waals surface area contributed by atoms with E-state index in [1.807, 2.05) is 0 Å². The third-order valence-corrected chi connectivity index (χ3v) is 3.61. The van der Waals surface area contributed by atoms with Gasteiger partial charge >= 0.3 is 11.6 Å². The van der Waals surface area contributed by atoms with Gasteiger partial charge in [-0.15, -0.1) is 0 Å². The Morgan fingerprint density at radius 3 is 2.73 bits per heavy atom. The molecule has 1 aromatic heterocycles. The molecule has 0 aliphatic carbocycles. The zero-order chi connectivity index (χ0) is 18.5. The molecule has 26 heavy (non-hydrogen) atoms. The smallest absolute Gasteiger partial charge is 0.344 e. The minimum atomic E-state index is -0.692. The van der Waals surface area contributed by atoms with Crippen LogP contribution in [0.2, 0.25) is 0 Å². The summed E-state index contributed by atoms with van der Waals surface area (Å²) in [5.41, 5.74) is 0.239. The van der Waals surface area contributed by atoms with Gasteiger partial charge in [-0.05, 0) is 24.3 Å². The molecule has 0 aliphatic heterocycles. The molecule has 1 heterocycles. The quantitative estimate of drug-likeness (QED) is 0.498. The molecule has 7 heteroatoms. The van der Waals surface area contributed by atoms with Gasteiger partial charge < -0.3 is 18.6 Å². The number of fused-ring (bicyclic) bond motifs is 1. The second-order valence-corrected chi connectivity index (χ2v) is 5.33. The molecular formula is C19H15FO6. The summed E-state index contributed by atoms with van der Waals surface area (Å²) in [6.07, 6.45) is 0. The Kier molecular flexibility index (Phi) is 5.17. The molecule has 3 aromatic rings. The van der Waals surface area contributed by atoms with Crippen molar-refractivity contribution in [2.24, 2.45) is 0 Å². The zero-order valence-electron chi connectivity index (χ0n) is 13.9. The molecule has 0 atom stereocenters. The van der Waals surface area contributed by atoms with E-state index >= 15 is 0 Å².